The van der Waals surface area contributed by atoms with E-state index >= 15 is 0 Å². The smallest absolute Gasteiger partial charge is 0.0557 e. The van der Waals surface area contributed by atoms with Crippen LogP contribution in [0.2, 0.25) is 0 Å². The van der Waals surface area contributed by atoms with Gasteiger partial charge in [0.1, 0.15) is 0 Å². The van der Waals surface area contributed by atoms with E-state index in [1.165, 1.54) is 5.56 Å². The van der Waals surface area contributed by atoms with E-state index in [-0.39, 0.29) is 5.54 Å². The lowest BCUT2D eigenvalue weighted by atomic mass is 10.1. The first-order valence-electron chi connectivity index (χ1n) is 4.88. The summed E-state index contributed by atoms with van der Waals surface area (Å²) in [6.07, 6.45) is 3.67. The molecule has 0 fully saturated rings. The van der Waals surface area contributed by atoms with Crippen molar-refractivity contribution in [3.63, 3.8) is 0 Å². The van der Waals surface area contributed by atoms with Crippen molar-refractivity contribution in [2.24, 2.45) is 0 Å². The third kappa shape index (κ3) is 3.00. The molecule has 78 valence electrons. The Labute approximate surface area is 85.9 Å². The largest absolute Gasteiger partial charge is 0.382 e. The Balaban J connectivity index is 2.58. The molecule has 0 bridgehead atoms. The molecule has 1 aromatic heterocycles. The van der Waals surface area contributed by atoms with Crippen LogP contribution in [0.25, 0.3) is 0 Å². The van der Waals surface area contributed by atoms with Crippen LogP contribution in [-0.2, 0) is 0 Å². The fourth-order valence-corrected chi connectivity index (χ4v) is 1.05. The zero-order valence-electron chi connectivity index (χ0n) is 9.39. The summed E-state index contributed by atoms with van der Waals surface area (Å²) in [6, 6.07) is 2.01. The highest BCUT2D eigenvalue weighted by Crippen LogP contribution is 2.12. The molecule has 3 heteroatoms. The highest BCUT2D eigenvalue weighted by atomic mass is 15.0. The maximum atomic E-state index is 4.09. The molecule has 0 atom stereocenters. The van der Waals surface area contributed by atoms with Gasteiger partial charge in [0.15, 0.2) is 0 Å². The van der Waals surface area contributed by atoms with Gasteiger partial charge in [0.25, 0.3) is 0 Å². The SMILES string of the molecule is CNC(C)(C)CNc1cnccc1C. The van der Waals surface area contributed by atoms with Crippen molar-refractivity contribution in [1.29, 1.82) is 0 Å². The Bertz CT molecular complexity index is 294. The Hall–Kier alpha value is -1.09. The predicted octanol–water partition coefficient (Wildman–Crippen LogP) is 1.80. The number of anilines is 1. The van der Waals surface area contributed by atoms with Crippen LogP contribution in [0.5, 0.6) is 0 Å². The number of nitrogens with one attached hydrogen (secondary N) is 2. The molecular formula is C11H19N3. The van der Waals surface area contributed by atoms with Gasteiger partial charge in [0.2, 0.25) is 0 Å². The summed E-state index contributed by atoms with van der Waals surface area (Å²) in [6.45, 7) is 7.28. The summed E-state index contributed by atoms with van der Waals surface area (Å²) < 4.78 is 0. The van der Waals surface area contributed by atoms with E-state index in [1.807, 2.05) is 25.5 Å². The third-order valence-electron chi connectivity index (χ3n) is 2.44. The van der Waals surface area contributed by atoms with Gasteiger partial charge in [-0.1, -0.05) is 0 Å². The van der Waals surface area contributed by atoms with Gasteiger partial charge in [-0.25, -0.2) is 0 Å². The Morgan fingerprint density at radius 3 is 2.71 bits per heavy atom. The van der Waals surface area contributed by atoms with Crippen molar-refractivity contribution < 1.29 is 0 Å². The van der Waals surface area contributed by atoms with Gasteiger partial charge < -0.3 is 10.6 Å². The molecule has 0 unspecified atom stereocenters. The fraction of sp³-hybridized carbons (Fsp3) is 0.545. The Morgan fingerprint density at radius 1 is 1.43 bits per heavy atom. The molecule has 0 saturated carbocycles. The molecule has 0 spiro atoms. The molecular weight excluding hydrogens is 174 g/mol. The van der Waals surface area contributed by atoms with Gasteiger partial charge in [0, 0.05) is 18.3 Å². The lowest BCUT2D eigenvalue weighted by Crippen LogP contribution is -2.42. The van der Waals surface area contributed by atoms with E-state index < -0.39 is 0 Å². The lowest BCUT2D eigenvalue weighted by Gasteiger charge is -2.25. The van der Waals surface area contributed by atoms with Crippen molar-refractivity contribution in [3.8, 4) is 0 Å². The third-order valence-corrected chi connectivity index (χ3v) is 2.44. The first-order chi connectivity index (χ1) is 6.55. The fourth-order valence-electron chi connectivity index (χ4n) is 1.05. The minimum Gasteiger partial charge on any atom is -0.382 e. The van der Waals surface area contributed by atoms with Crippen LogP contribution in [-0.4, -0.2) is 24.1 Å². The molecule has 2 N–H and O–H groups in total. The Kier molecular flexibility index (Phi) is 3.47. The minimum atomic E-state index is 0.0995. The highest BCUT2D eigenvalue weighted by Gasteiger charge is 2.13. The maximum Gasteiger partial charge on any atom is 0.0557 e. The van der Waals surface area contributed by atoms with Crippen LogP contribution in [0.3, 0.4) is 0 Å². The first kappa shape index (κ1) is 11.0. The number of aromatic nitrogens is 1. The summed E-state index contributed by atoms with van der Waals surface area (Å²) in [4.78, 5) is 4.09. The molecule has 0 aromatic carbocycles. The van der Waals surface area contributed by atoms with Crippen molar-refractivity contribution in [2.75, 3.05) is 18.9 Å². The van der Waals surface area contributed by atoms with Gasteiger partial charge >= 0.3 is 0 Å². The van der Waals surface area contributed by atoms with Gasteiger partial charge in [-0.15, -0.1) is 0 Å². The van der Waals surface area contributed by atoms with Gasteiger partial charge in [-0.2, -0.15) is 0 Å². The molecule has 14 heavy (non-hydrogen) atoms. The van der Waals surface area contributed by atoms with E-state index in [2.05, 4.69) is 36.4 Å². The summed E-state index contributed by atoms with van der Waals surface area (Å²) in [5.74, 6) is 0. The number of hydrogen-bond donors (Lipinski definition) is 2. The quantitative estimate of drug-likeness (QED) is 0.765. The van der Waals surface area contributed by atoms with E-state index in [4.69, 9.17) is 0 Å². The van der Waals surface area contributed by atoms with E-state index in [9.17, 15) is 0 Å². The summed E-state index contributed by atoms with van der Waals surface area (Å²) in [5.41, 5.74) is 2.44. The van der Waals surface area contributed by atoms with Gasteiger partial charge in [0.05, 0.1) is 11.9 Å². The zero-order chi connectivity index (χ0) is 10.6. The molecule has 1 rings (SSSR count). The minimum absolute atomic E-state index is 0.0995. The molecule has 0 aliphatic heterocycles. The predicted molar refractivity (Wildman–Crippen MR) is 60.6 cm³/mol. The highest BCUT2D eigenvalue weighted by molar-refractivity contribution is 5.48. The van der Waals surface area contributed by atoms with Crippen molar-refractivity contribution in [1.82, 2.24) is 10.3 Å². The second-order valence-corrected chi connectivity index (χ2v) is 4.18. The average molecular weight is 193 g/mol. The van der Waals surface area contributed by atoms with Gasteiger partial charge in [-0.05, 0) is 39.4 Å². The molecule has 1 aromatic rings. The molecule has 0 saturated heterocycles. The second-order valence-electron chi connectivity index (χ2n) is 4.18. The van der Waals surface area contributed by atoms with Gasteiger partial charge in [-0.3, -0.25) is 4.98 Å². The monoisotopic (exact) mass is 193 g/mol. The van der Waals surface area contributed by atoms with Crippen LogP contribution < -0.4 is 10.6 Å². The van der Waals surface area contributed by atoms with E-state index in [0.717, 1.165) is 12.2 Å². The summed E-state index contributed by atoms with van der Waals surface area (Å²) in [7, 11) is 1.97. The van der Waals surface area contributed by atoms with Crippen LogP contribution >= 0.6 is 0 Å². The number of aryl methyl sites for hydroxylation is 1. The number of nitrogens with zero attached hydrogens (tertiary/aromatic N) is 1. The molecule has 0 aliphatic rings. The second kappa shape index (κ2) is 4.42. The standard InChI is InChI=1S/C11H19N3/c1-9-5-6-13-7-10(9)14-8-11(2,3)12-4/h5-7,12,14H,8H2,1-4H3. The van der Waals surface area contributed by atoms with Crippen molar-refractivity contribution >= 4 is 5.69 Å². The first-order valence-corrected chi connectivity index (χ1v) is 4.88. The van der Waals surface area contributed by atoms with E-state index in [1.54, 1.807) is 0 Å². The lowest BCUT2D eigenvalue weighted by molar-refractivity contribution is 0.448. The molecule has 0 radical (unpaired) electrons. The average Bonchev–Trinajstić information content (AvgIpc) is 2.17. The van der Waals surface area contributed by atoms with Crippen LogP contribution in [0.1, 0.15) is 19.4 Å². The Morgan fingerprint density at radius 2 is 2.14 bits per heavy atom. The summed E-state index contributed by atoms with van der Waals surface area (Å²) in [5, 5.41) is 6.63. The molecule has 3 nitrogen and oxygen atoms in total. The molecule has 0 amide bonds. The van der Waals surface area contributed by atoms with Crippen molar-refractivity contribution in [2.45, 2.75) is 26.3 Å². The van der Waals surface area contributed by atoms with Crippen LogP contribution in [0.15, 0.2) is 18.5 Å². The number of likely N-dealkylation sites (N-methyl/N-ethyl adjacent to an activating group) is 1. The number of rotatable bonds is 4. The van der Waals surface area contributed by atoms with Crippen LogP contribution in [0, 0.1) is 6.92 Å². The van der Waals surface area contributed by atoms with Crippen LogP contribution in [0.4, 0.5) is 5.69 Å². The van der Waals surface area contributed by atoms with Crippen molar-refractivity contribution in [3.05, 3.63) is 24.0 Å². The zero-order valence-corrected chi connectivity index (χ0v) is 9.39. The van der Waals surface area contributed by atoms with E-state index in [0.29, 0.717) is 0 Å². The molecule has 0 aliphatic carbocycles. The maximum absolute atomic E-state index is 4.09. The molecule has 1 heterocycles. The summed E-state index contributed by atoms with van der Waals surface area (Å²) >= 11 is 0. The number of hydrogen-bond acceptors (Lipinski definition) is 3. The topological polar surface area (TPSA) is 37.0 Å². The number of pyridine rings is 1. The normalized spacial score (nSPS) is 11.4.